The Hall–Kier alpha value is -5.46. The maximum absolute atomic E-state index is 13.0. The van der Waals surface area contributed by atoms with Crippen LogP contribution >= 0.6 is 0 Å². The van der Waals surface area contributed by atoms with Gasteiger partial charge in [-0.05, 0) is 99.4 Å². The van der Waals surface area contributed by atoms with Crippen LogP contribution in [0.4, 0.5) is 0 Å². The number of hydrogen-bond donors (Lipinski definition) is 3. The maximum atomic E-state index is 13.0. The smallest absolute Gasteiger partial charge is 0.323 e. The standard InChI is InChI=1S/C28H46N4O6.C28H41N3O6/c1-7-37-25(33)21(3)31-17-18-32(22(4)26(34)38-8-2)20-28(19-31,23-13-10-9-11-14-23)30-24(27(35)36-6)15-12-16-29-5;1-7-10-16-24(27(34)35-6)29-28(23-14-12-11-13-15-23)19-30(21(4)25(32)36-8-2)17-18-31(20-28)22(5)26(33)37-9-3/h9-11,13-14,21-22,24,29-30H,7-8,12,15-20H2,1-6H3;1,11-15,21-22,24,29H,8-10,16-20H2,2-6H3/t2*21-,22-,24?/m11/s1. The molecule has 2 saturated heterocycles. The van der Waals surface area contributed by atoms with E-state index in [1.54, 1.807) is 27.7 Å². The number of rotatable bonds is 26. The summed E-state index contributed by atoms with van der Waals surface area (Å²) in [5, 5.41) is 10.4. The molecule has 2 unspecified atom stereocenters. The summed E-state index contributed by atoms with van der Waals surface area (Å²) in [7, 11) is 4.61. The zero-order chi connectivity index (χ0) is 55.6. The third-order valence-electron chi connectivity index (χ3n) is 14.0. The SMILES string of the molecule is C#CCCC(NC1(c2ccccc2)CN([C@H](C)C(=O)OCC)CCN([C@H](C)C(=O)OCC)C1)C(=O)OC.CCOC(=O)[C@@H](C)N1CCN([C@H](C)C(=O)OCC)CC(NC(CCCNC)C(=O)OC)(c2ccccc2)C1. The van der Waals surface area contributed by atoms with Crippen molar-refractivity contribution in [1.82, 2.24) is 35.6 Å². The number of hydrogen-bond acceptors (Lipinski definition) is 19. The van der Waals surface area contributed by atoms with Gasteiger partial charge in [0.2, 0.25) is 0 Å². The first kappa shape index (κ1) is 63.8. The highest BCUT2D eigenvalue weighted by atomic mass is 16.5. The molecule has 4 rings (SSSR count). The fraction of sp³-hybridized carbons (Fsp3) is 0.643. The summed E-state index contributed by atoms with van der Waals surface area (Å²) in [6.45, 7) is 20.0. The van der Waals surface area contributed by atoms with E-state index in [9.17, 15) is 28.8 Å². The van der Waals surface area contributed by atoms with Crippen molar-refractivity contribution in [3.8, 4) is 12.3 Å². The number of terminal acetylenes is 1. The highest BCUT2D eigenvalue weighted by molar-refractivity contribution is 5.78. The Morgan fingerprint density at radius 2 is 0.840 bits per heavy atom. The van der Waals surface area contributed by atoms with Gasteiger partial charge in [0.25, 0.3) is 0 Å². The lowest BCUT2D eigenvalue weighted by molar-refractivity contribution is -0.150. The molecule has 2 aromatic rings. The van der Waals surface area contributed by atoms with Crippen LogP contribution in [0, 0.1) is 12.3 Å². The number of carbonyl (C=O) groups is 6. The first-order valence-corrected chi connectivity index (χ1v) is 26.5. The first-order chi connectivity index (χ1) is 35.9. The molecule has 19 nitrogen and oxygen atoms in total. The van der Waals surface area contributed by atoms with Crippen molar-refractivity contribution < 1.29 is 57.2 Å². The van der Waals surface area contributed by atoms with Crippen molar-refractivity contribution in [2.45, 2.75) is 128 Å². The van der Waals surface area contributed by atoms with Gasteiger partial charge in [0.15, 0.2) is 0 Å². The van der Waals surface area contributed by atoms with E-state index in [2.05, 4.69) is 31.7 Å². The molecule has 2 aromatic carbocycles. The van der Waals surface area contributed by atoms with Crippen LogP contribution in [0.3, 0.4) is 0 Å². The Labute approximate surface area is 446 Å². The molecular formula is C56H87N7O12. The summed E-state index contributed by atoms with van der Waals surface area (Å²) < 4.78 is 31.6. The molecule has 0 amide bonds. The van der Waals surface area contributed by atoms with E-state index in [0.29, 0.717) is 84.8 Å². The van der Waals surface area contributed by atoms with Crippen LogP contribution in [0.5, 0.6) is 0 Å². The molecule has 0 spiro atoms. The molecule has 6 atom stereocenters. The molecule has 0 aliphatic carbocycles. The summed E-state index contributed by atoms with van der Waals surface area (Å²) in [5.74, 6) is 0.560. The molecule has 2 fully saturated rings. The predicted octanol–water partition coefficient (Wildman–Crippen LogP) is 3.48. The van der Waals surface area contributed by atoms with Gasteiger partial charge in [0.05, 0.1) is 51.7 Å². The quantitative estimate of drug-likeness (QED) is 0.0534. The molecule has 75 heavy (non-hydrogen) atoms. The van der Waals surface area contributed by atoms with Gasteiger partial charge in [-0.3, -0.25) is 59.0 Å². The number of ether oxygens (including phenoxy) is 6. The Morgan fingerprint density at radius 3 is 1.11 bits per heavy atom. The molecule has 19 heteroatoms. The average Bonchev–Trinajstić information content (AvgIpc) is 3.75. The molecule has 0 aromatic heterocycles. The van der Waals surface area contributed by atoms with Crippen molar-refractivity contribution in [2.75, 3.05) is 107 Å². The molecule has 418 valence electrons. The van der Waals surface area contributed by atoms with Crippen LogP contribution in [0.15, 0.2) is 60.7 Å². The van der Waals surface area contributed by atoms with Crippen LogP contribution < -0.4 is 16.0 Å². The minimum absolute atomic E-state index is 0.279. The van der Waals surface area contributed by atoms with Gasteiger partial charge in [0, 0.05) is 58.8 Å². The van der Waals surface area contributed by atoms with Crippen molar-refractivity contribution in [3.05, 3.63) is 71.8 Å². The van der Waals surface area contributed by atoms with Gasteiger partial charge in [0.1, 0.15) is 36.3 Å². The third kappa shape index (κ3) is 18.7. The van der Waals surface area contributed by atoms with Crippen LogP contribution in [0.25, 0.3) is 0 Å². The fourth-order valence-electron chi connectivity index (χ4n) is 9.68. The van der Waals surface area contributed by atoms with E-state index in [0.717, 1.165) is 24.1 Å². The number of esters is 6. The largest absolute Gasteiger partial charge is 0.468 e. The second-order valence-electron chi connectivity index (χ2n) is 18.9. The Kier molecular flexibility index (Phi) is 28.0. The van der Waals surface area contributed by atoms with Gasteiger partial charge in [-0.15, -0.1) is 12.3 Å². The second-order valence-corrected chi connectivity index (χ2v) is 18.9. The van der Waals surface area contributed by atoms with Crippen molar-refractivity contribution in [1.29, 1.82) is 0 Å². The molecule has 2 heterocycles. The lowest BCUT2D eigenvalue weighted by Crippen LogP contribution is -2.61. The summed E-state index contributed by atoms with van der Waals surface area (Å²) in [6.07, 6.45) is 7.59. The summed E-state index contributed by atoms with van der Waals surface area (Å²) in [5.41, 5.74) is 0.199. The zero-order valence-electron chi connectivity index (χ0n) is 46.5. The molecular weight excluding hydrogens is 963 g/mol. The van der Waals surface area contributed by atoms with E-state index in [-0.39, 0.29) is 43.1 Å². The molecule has 2 aliphatic rings. The minimum atomic E-state index is -0.854. The lowest BCUT2D eigenvalue weighted by atomic mass is 9.86. The van der Waals surface area contributed by atoms with Gasteiger partial charge >= 0.3 is 35.8 Å². The average molecular weight is 1050 g/mol. The second kappa shape index (κ2) is 32.9. The molecule has 0 saturated carbocycles. The predicted molar refractivity (Wildman–Crippen MR) is 286 cm³/mol. The number of carbonyl (C=O) groups excluding carboxylic acids is 6. The lowest BCUT2D eigenvalue weighted by Gasteiger charge is -2.43. The van der Waals surface area contributed by atoms with E-state index in [4.69, 9.17) is 34.8 Å². The number of nitrogens with one attached hydrogen (secondary N) is 3. The fourth-order valence-corrected chi connectivity index (χ4v) is 9.68. The van der Waals surface area contributed by atoms with Crippen LogP contribution in [0.1, 0.15) is 92.2 Å². The number of methoxy groups -OCH3 is 2. The van der Waals surface area contributed by atoms with Gasteiger partial charge in [-0.1, -0.05) is 60.7 Å². The Bertz CT molecular complexity index is 2040. The van der Waals surface area contributed by atoms with Gasteiger partial charge in [-0.25, -0.2) is 0 Å². The Balaban J connectivity index is 0.000000395. The number of benzene rings is 2. The van der Waals surface area contributed by atoms with Crippen LogP contribution in [0.2, 0.25) is 0 Å². The van der Waals surface area contributed by atoms with Crippen molar-refractivity contribution in [2.24, 2.45) is 0 Å². The van der Waals surface area contributed by atoms with Gasteiger partial charge < -0.3 is 33.7 Å². The maximum Gasteiger partial charge on any atom is 0.323 e. The molecule has 0 bridgehead atoms. The Morgan fingerprint density at radius 1 is 0.533 bits per heavy atom. The first-order valence-electron chi connectivity index (χ1n) is 26.5. The molecule has 2 aliphatic heterocycles. The summed E-state index contributed by atoms with van der Waals surface area (Å²) in [6, 6.07) is 16.2. The van der Waals surface area contributed by atoms with Crippen molar-refractivity contribution in [3.63, 3.8) is 0 Å². The van der Waals surface area contributed by atoms with E-state index < -0.39 is 53.3 Å². The monoisotopic (exact) mass is 1050 g/mol. The van der Waals surface area contributed by atoms with E-state index in [1.807, 2.05) is 105 Å². The topological polar surface area (TPSA) is 207 Å². The van der Waals surface area contributed by atoms with E-state index >= 15 is 0 Å². The van der Waals surface area contributed by atoms with Crippen LogP contribution in [-0.2, 0) is 68.3 Å². The van der Waals surface area contributed by atoms with E-state index in [1.165, 1.54) is 14.2 Å². The highest BCUT2D eigenvalue weighted by Gasteiger charge is 2.47. The molecule has 0 radical (unpaired) electrons. The van der Waals surface area contributed by atoms with Crippen molar-refractivity contribution >= 4 is 35.8 Å². The zero-order valence-corrected chi connectivity index (χ0v) is 46.5. The number of nitrogens with zero attached hydrogens (tertiary/aromatic N) is 4. The highest BCUT2D eigenvalue weighted by Crippen LogP contribution is 2.32. The summed E-state index contributed by atoms with van der Waals surface area (Å²) >= 11 is 0. The summed E-state index contributed by atoms with van der Waals surface area (Å²) in [4.78, 5) is 85.2. The van der Waals surface area contributed by atoms with Crippen LogP contribution in [-0.4, -0.2) is 198 Å². The normalized spacial score (nSPS) is 18.5. The minimum Gasteiger partial charge on any atom is -0.468 e. The molecule has 3 N–H and O–H groups in total. The third-order valence-corrected chi connectivity index (χ3v) is 14.0. The van der Waals surface area contributed by atoms with Gasteiger partial charge in [-0.2, -0.15) is 0 Å².